The van der Waals surface area contributed by atoms with Crippen LogP contribution in [0.3, 0.4) is 0 Å². The van der Waals surface area contributed by atoms with Gasteiger partial charge in [0.2, 0.25) is 5.91 Å². The Morgan fingerprint density at radius 1 is 1.36 bits per heavy atom. The number of hydrogen-bond donors (Lipinski definition) is 2. The first-order valence-electron chi connectivity index (χ1n) is 8.32. The second-order valence-corrected chi connectivity index (χ2v) is 6.71. The lowest BCUT2D eigenvalue weighted by Gasteiger charge is -2.37. The molecule has 0 bridgehead atoms. The van der Waals surface area contributed by atoms with E-state index < -0.39 is 6.04 Å². The van der Waals surface area contributed by atoms with Gasteiger partial charge in [-0.05, 0) is 45.0 Å². The molecule has 1 amide bonds. The summed E-state index contributed by atoms with van der Waals surface area (Å²) in [5, 5.41) is 1.15. The maximum absolute atomic E-state index is 12.7. The molecule has 2 aromatic rings. The van der Waals surface area contributed by atoms with E-state index in [0.717, 1.165) is 42.4 Å². The second-order valence-electron chi connectivity index (χ2n) is 6.71. The van der Waals surface area contributed by atoms with E-state index in [4.69, 9.17) is 5.73 Å². The summed E-state index contributed by atoms with van der Waals surface area (Å²) < 4.78 is 0. The van der Waals surface area contributed by atoms with E-state index in [1.807, 2.05) is 29.3 Å². The molecule has 1 unspecified atom stereocenters. The van der Waals surface area contributed by atoms with Gasteiger partial charge in [-0.3, -0.25) is 4.79 Å². The average Bonchev–Trinajstić information content (AvgIpc) is 2.97. The summed E-state index contributed by atoms with van der Waals surface area (Å²) in [6.07, 6.45) is 4.74. The molecule has 2 atom stereocenters. The number of likely N-dealkylation sites (N-methyl/N-ethyl adjacent to an activating group) is 1. The third-order valence-electron chi connectivity index (χ3n) is 4.87. The molecule has 2 heterocycles. The molecule has 1 aromatic heterocycles. The van der Waals surface area contributed by atoms with Crippen LogP contribution in [0.4, 0.5) is 0 Å². The summed E-state index contributed by atoms with van der Waals surface area (Å²) >= 11 is 0. The van der Waals surface area contributed by atoms with Crippen LogP contribution in [0.15, 0.2) is 30.5 Å². The van der Waals surface area contributed by atoms with Gasteiger partial charge in [-0.1, -0.05) is 18.2 Å². The van der Waals surface area contributed by atoms with Crippen LogP contribution in [0, 0.1) is 0 Å². The molecule has 1 aliphatic heterocycles. The van der Waals surface area contributed by atoms with Crippen molar-refractivity contribution in [1.29, 1.82) is 0 Å². The number of benzene rings is 1. The number of nitrogens with one attached hydrogen (secondary N) is 1. The maximum atomic E-state index is 12.7. The van der Waals surface area contributed by atoms with Crippen molar-refractivity contribution >= 4 is 41.6 Å². The molecule has 1 fully saturated rings. The molecular formula is C18H28Cl2N4O. The number of aromatic nitrogens is 1. The van der Waals surface area contributed by atoms with Gasteiger partial charge in [-0.15, -0.1) is 24.8 Å². The van der Waals surface area contributed by atoms with Crippen LogP contribution in [0.5, 0.6) is 0 Å². The highest BCUT2D eigenvalue weighted by Crippen LogP contribution is 2.20. The Morgan fingerprint density at radius 2 is 2.08 bits per heavy atom. The number of nitrogens with zero attached hydrogens (tertiary/aromatic N) is 2. The van der Waals surface area contributed by atoms with Crippen molar-refractivity contribution in [2.24, 2.45) is 5.73 Å². The Labute approximate surface area is 161 Å². The highest BCUT2D eigenvalue weighted by atomic mass is 35.5. The Kier molecular flexibility index (Phi) is 8.22. The molecular weight excluding hydrogens is 359 g/mol. The van der Waals surface area contributed by atoms with E-state index in [1.54, 1.807) is 0 Å². The number of para-hydroxylation sites is 1. The SMILES string of the molecule is CN(C)C1CCCN(C(=O)[C@@H](N)Cc2c[nH]c3ccccc23)C1.Cl.Cl. The number of carbonyl (C=O) groups is 1. The average molecular weight is 387 g/mol. The quantitative estimate of drug-likeness (QED) is 0.847. The minimum Gasteiger partial charge on any atom is -0.361 e. The summed E-state index contributed by atoms with van der Waals surface area (Å²) in [5.74, 6) is 0.0711. The molecule has 0 radical (unpaired) electrons. The van der Waals surface area contributed by atoms with Crippen LogP contribution >= 0.6 is 24.8 Å². The lowest BCUT2D eigenvalue weighted by atomic mass is 10.0. The summed E-state index contributed by atoms with van der Waals surface area (Å²) in [4.78, 5) is 20.1. The fourth-order valence-electron chi connectivity index (χ4n) is 3.44. The van der Waals surface area contributed by atoms with Crippen LogP contribution in [-0.4, -0.2) is 60.0 Å². The van der Waals surface area contributed by atoms with Gasteiger partial charge in [0, 0.05) is 36.2 Å². The second kappa shape index (κ2) is 9.43. The van der Waals surface area contributed by atoms with Gasteiger partial charge in [-0.25, -0.2) is 0 Å². The number of amides is 1. The Hall–Kier alpha value is -1.27. The molecule has 3 N–H and O–H groups in total. The van der Waals surface area contributed by atoms with Crippen LogP contribution in [0.1, 0.15) is 18.4 Å². The first-order valence-corrected chi connectivity index (χ1v) is 8.32. The summed E-state index contributed by atoms with van der Waals surface area (Å²) in [7, 11) is 4.15. The molecule has 5 nitrogen and oxygen atoms in total. The number of carbonyl (C=O) groups excluding carboxylic acids is 1. The lowest BCUT2D eigenvalue weighted by molar-refractivity contribution is -0.134. The van der Waals surface area contributed by atoms with Gasteiger partial charge in [0.1, 0.15) is 0 Å². The zero-order chi connectivity index (χ0) is 16.4. The minimum absolute atomic E-state index is 0. The van der Waals surface area contributed by atoms with Crippen molar-refractivity contribution < 1.29 is 4.79 Å². The van der Waals surface area contributed by atoms with Gasteiger partial charge in [-0.2, -0.15) is 0 Å². The van der Waals surface area contributed by atoms with Crippen molar-refractivity contribution in [1.82, 2.24) is 14.8 Å². The molecule has 1 aromatic carbocycles. The number of nitrogens with two attached hydrogens (primary N) is 1. The fraction of sp³-hybridized carbons (Fsp3) is 0.500. The smallest absolute Gasteiger partial charge is 0.239 e. The van der Waals surface area contributed by atoms with Crippen molar-refractivity contribution in [3.63, 3.8) is 0 Å². The van der Waals surface area contributed by atoms with E-state index in [0.29, 0.717) is 12.5 Å². The summed E-state index contributed by atoms with van der Waals surface area (Å²) in [6.45, 7) is 1.61. The Bertz CT molecular complexity index is 689. The highest BCUT2D eigenvalue weighted by Gasteiger charge is 2.28. The first-order chi connectivity index (χ1) is 11.1. The van der Waals surface area contributed by atoms with E-state index in [2.05, 4.69) is 30.0 Å². The van der Waals surface area contributed by atoms with Gasteiger partial charge < -0.3 is 20.5 Å². The third-order valence-corrected chi connectivity index (χ3v) is 4.87. The number of hydrogen-bond acceptors (Lipinski definition) is 3. The highest BCUT2D eigenvalue weighted by molar-refractivity contribution is 5.86. The number of fused-ring (bicyclic) bond motifs is 1. The van der Waals surface area contributed by atoms with E-state index in [-0.39, 0.29) is 30.7 Å². The fourth-order valence-corrected chi connectivity index (χ4v) is 3.44. The zero-order valence-electron chi connectivity index (χ0n) is 14.8. The minimum atomic E-state index is -0.477. The molecule has 0 saturated carbocycles. The molecule has 3 rings (SSSR count). The predicted octanol–water partition coefficient (Wildman–Crippen LogP) is 2.43. The first kappa shape index (κ1) is 21.8. The maximum Gasteiger partial charge on any atom is 0.239 e. The third kappa shape index (κ3) is 4.88. The van der Waals surface area contributed by atoms with Crippen LogP contribution < -0.4 is 5.73 Å². The zero-order valence-corrected chi connectivity index (χ0v) is 16.4. The number of rotatable bonds is 4. The van der Waals surface area contributed by atoms with Gasteiger partial charge in [0.05, 0.1) is 6.04 Å². The van der Waals surface area contributed by atoms with Gasteiger partial charge in [0.15, 0.2) is 0 Å². The largest absolute Gasteiger partial charge is 0.361 e. The van der Waals surface area contributed by atoms with Crippen LogP contribution in [-0.2, 0) is 11.2 Å². The van der Waals surface area contributed by atoms with Crippen molar-refractivity contribution in [3.8, 4) is 0 Å². The molecule has 1 aliphatic rings. The van der Waals surface area contributed by atoms with E-state index in [9.17, 15) is 4.79 Å². The number of likely N-dealkylation sites (tertiary alicyclic amines) is 1. The number of piperidine rings is 1. The standard InChI is InChI=1S/C18H26N4O.2ClH/c1-21(2)14-6-5-9-22(12-14)18(23)16(19)10-13-11-20-17-8-4-3-7-15(13)17;;/h3-4,7-8,11,14,16,20H,5-6,9-10,12,19H2,1-2H3;2*1H/t14?,16-;;/m0../s1. The molecule has 0 spiro atoms. The predicted molar refractivity (Wildman–Crippen MR) is 108 cm³/mol. The van der Waals surface area contributed by atoms with Crippen LogP contribution in [0.25, 0.3) is 10.9 Å². The summed E-state index contributed by atoms with van der Waals surface area (Å²) in [6, 6.07) is 8.09. The lowest BCUT2D eigenvalue weighted by Crippen LogP contribution is -2.52. The van der Waals surface area contributed by atoms with Crippen molar-refractivity contribution in [3.05, 3.63) is 36.0 Å². The number of H-pyrrole nitrogens is 1. The Balaban J connectivity index is 0.00000156. The summed E-state index contributed by atoms with van der Waals surface area (Å²) in [5.41, 5.74) is 8.44. The number of halogens is 2. The molecule has 0 aliphatic carbocycles. The normalized spacial score (nSPS) is 18.6. The van der Waals surface area contributed by atoms with Crippen molar-refractivity contribution in [2.45, 2.75) is 31.3 Å². The van der Waals surface area contributed by atoms with Crippen LogP contribution in [0.2, 0.25) is 0 Å². The number of aromatic amines is 1. The van der Waals surface area contributed by atoms with E-state index in [1.165, 1.54) is 0 Å². The monoisotopic (exact) mass is 386 g/mol. The Morgan fingerprint density at radius 3 is 2.80 bits per heavy atom. The molecule has 1 saturated heterocycles. The molecule has 25 heavy (non-hydrogen) atoms. The topological polar surface area (TPSA) is 65.4 Å². The molecule has 7 heteroatoms. The molecule has 140 valence electrons. The van der Waals surface area contributed by atoms with E-state index >= 15 is 0 Å². The van der Waals surface area contributed by atoms with Gasteiger partial charge in [0.25, 0.3) is 0 Å². The van der Waals surface area contributed by atoms with Crippen molar-refractivity contribution in [2.75, 3.05) is 27.2 Å². The van der Waals surface area contributed by atoms with Gasteiger partial charge >= 0.3 is 0 Å².